The lowest BCUT2D eigenvalue weighted by molar-refractivity contribution is -0.256. The first-order valence-corrected chi connectivity index (χ1v) is 11.4. The molecular weight excluding hydrogens is 364 g/mol. The fraction of sp³-hybridized carbons (Fsp3) is 0.680. The molecule has 4 heteroatoms. The molecule has 164 valence electrons. The molecule has 0 saturated carbocycles. The van der Waals surface area contributed by atoms with Gasteiger partial charge in [-0.05, 0) is 54.4 Å². The van der Waals surface area contributed by atoms with Gasteiger partial charge >= 0.3 is 0 Å². The van der Waals surface area contributed by atoms with Crippen LogP contribution in [0.4, 0.5) is 0 Å². The summed E-state index contributed by atoms with van der Waals surface area (Å²) < 4.78 is 0. The van der Waals surface area contributed by atoms with Crippen LogP contribution in [0.5, 0.6) is 0 Å². The van der Waals surface area contributed by atoms with E-state index in [1.54, 1.807) is 6.92 Å². The summed E-state index contributed by atoms with van der Waals surface area (Å²) in [5, 5.41) is 24.0. The second kappa shape index (κ2) is 12.7. The first kappa shape index (κ1) is 25.2. The molecule has 0 radical (unpaired) electrons. The molecule has 1 aromatic carbocycles. The molecule has 0 N–H and O–H groups in total. The average molecular weight is 403 g/mol. The van der Waals surface area contributed by atoms with Crippen molar-refractivity contribution in [3.63, 3.8) is 0 Å². The van der Waals surface area contributed by atoms with E-state index in [1.807, 2.05) is 0 Å². The van der Waals surface area contributed by atoms with Gasteiger partial charge in [-0.1, -0.05) is 79.1 Å². The van der Waals surface area contributed by atoms with Crippen LogP contribution in [0.15, 0.2) is 6.07 Å². The molecule has 0 heterocycles. The normalized spacial score (nSPS) is 13.3. The van der Waals surface area contributed by atoms with Crippen LogP contribution in [0.2, 0.25) is 0 Å². The summed E-state index contributed by atoms with van der Waals surface area (Å²) in [7, 11) is 0. The largest absolute Gasteiger partial charge is 0.545 e. The summed E-state index contributed by atoms with van der Waals surface area (Å²) in [6.45, 7) is 10.2. The van der Waals surface area contributed by atoms with E-state index in [0.717, 1.165) is 51.4 Å². The minimum Gasteiger partial charge on any atom is -0.545 e. The summed E-state index contributed by atoms with van der Waals surface area (Å²) in [4.78, 5) is 24.0. The first-order valence-electron chi connectivity index (χ1n) is 11.4. The lowest BCUT2D eigenvalue weighted by Gasteiger charge is -2.26. The van der Waals surface area contributed by atoms with Gasteiger partial charge in [0.05, 0.1) is 11.9 Å². The quantitative estimate of drug-likeness (QED) is 0.466. The minimum atomic E-state index is -1.24. The summed E-state index contributed by atoms with van der Waals surface area (Å²) in [5.74, 6) is -1.77. The molecule has 0 saturated heterocycles. The molecule has 2 unspecified atom stereocenters. The number of benzene rings is 1. The fourth-order valence-electron chi connectivity index (χ4n) is 4.27. The van der Waals surface area contributed by atoms with Crippen LogP contribution in [0.25, 0.3) is 0 Å². The molecule has 0 aliphatic heterocycles. The van der Waals surface area contributed by atoms with Crippen molar-refractivity contribution in [3.8, 4) is 0 Å². The molecule has 1 rings (SSSR count). The van der Waals surface area contributed by atoms with Crippen LogP contribution in [0.3, 0.4) is 0 Å². The maximum Gasteiger partial charge on any atom is 0.0720 e. The van der Waals surface area contributed by atoms with Crippen LogP contribution in [0.1, 0.15) is 116 Å². The molecule has 0 spiro atoms. The summed E-state index contributed by atoms with van der Waals surface area (Å²) in [6, 6.07) is 1.53. The highest BCUT2D eigenvalue weighted by Gasteiger charge is 2.21. The third kappa shape index (κ3) is 7.17. The van der Waals surface area contributed by atoms with Crippen LogP contribution >= 0.6 is 0 Å². The van der Waals surface area contributed by atoms with Crippen LogP contribution in [-0.2, 0) is 12.8 Å². The second-order valence-corrected chi connectivity index (χ2v) is 8.38. The lowest BCUT2D eigenvalue weighted by atomic mass is 9.81. The van der Waals surface area contributed by atoms with Crippen molar-refractivity contribution in [1.82, 2.24) is 0 Å². The van der Waals surface area contributed by atoms with Crippen molar-refractivity contribution in [2.75, 3.05) is 0 Å². The van der Waals surface area contributed by atoms with E-state index in [-0.39, 0.29) is 11.1 Å². The maximum absolute atomic E-state index is 12.2. The SMILES string of the molecule is CCCCC(CC)Cc1cc(C(=O)[O-])c(C)c(CC(CC)CCCC)c1C(=O)[O-]. The number of hydrogen-bond donors (Lipinski definition) is 0. The van der Waals surface area contributed by atoms with E-state index >= 15 is 0 Å². The Morgan fingerprint density at radius 3 is 1.79 bits per heavy atom. The fourth-order valence-corrected chi connectivity index (χ4v) is 4.27. The molecule has 0 amide bonds. The number of rotatable bonds is 14. The Morgan fingerprint density at radius 2 is 1.38 bits per heavy atom. The number of aromatic carboxylic acids is 2. The zero-order valence-electron chi connectivity index (χ0n) is 18.9. The van der Waals surface area contributed by atoms with E-state index in [2.05, 4.69) is 27.7 Å². The smallest absolute Gasteiger partial charge is 0.0720 e. The van der Waals surface area contributed by atoms with Crippen molar-refractivity contribution in [1.29, 1.82) is 0 Å². The van der Waals surface area contributed by atoms with Gasteiger partial charge < -0.3 is 19.8 Å². The highest BCUT2D eigenvalue weighted by Crippen LogP contribution is 2.30. The highest BCUT2D eigenvalue weighted by molar-refractivity contribution is 5.95. The van der Waals surface area contributed by atoms with Gasteiger partial charge in [0.1, 0.15) is 0 Å². The van der Waals surface area contributed by atoms with Crippen LogP contribution < -0.4 is 10.2 Å². The average Bonchev–Trinajstić information content (AvgIpc) is 2.69. The number of carbonyl (C=O) groups is 2. The molecule has 0 fully saturated rings. The third-order valence-corrected chi connectivity index (χ3v) is 6.31. The van der Waals surface area contributed by atoms with Gasteiger partial charge in [-0.15, -0.1) is 0 Å². The Morgan fingerprint density at radius 1 is 0.862 bits per heavy atom. The van der Waals surface area contributed by atoms with Gasteiger partial charge in [0, 0.05) is 11.1 Å². The summed E-state index contributed by atoms with van der Waals surface area (Å²) >= 11 is 0. The van der Waals surface area contributed by atoms with E-state index in [9.17, 15) is 19.8 Å². The van der Waals surface area contributed by atoms with Crippen molar-refractivity contribution in [2.24, 2.45) is 11.8 Å². The Bertz CT molecular complexity index is 678. The molecule has 1 aromatic rings. The number of hydrogen-bond acceptors (Lipinski definition) is 4. The Labute approximate surface area is 176 Å². The molecule has 2 atom stereocenters. The van der Waals surface area contributed by atoms with Gasteiger partial charge in [-0.2, -0.15) is 0 Å². The van der Waals surface area contributed by atoms with Gasteiger partial charge in [-0.25, -0.2) is 0 Å². The van der Waals surface area contributed by atoms with E-state index in [0.29, 0.717) is 41.4 Å². The summed E-state index contributed by atoms with van der Waals surface area (Å²) in [5.41, 5.74) is 2.09. The van der Waals surface area contributed by atoms with Gasteiger partial charge in [0.2, 0.25) is 0 Å². The van der Waals surface area contributed by atoms with Crippen molar-refractivity contribution < 1.29 is 19.8 Å². The molecular formula is C25H38O4-2. The van der Waals surface area contributed by atoms with Crippen LogP contribution in [-0.4, -0.2) is 11.9 Å². The number of carboxylic acid groups (broad SMARTS) is 2. The molecule has 0 aliphatic rings. The standard InChI is InChI=1S/C25H40O4/c1-6-10-12-18(8-3)14-20-16-22(24(26)27)17(5)21(23(20)25(28)29)15-19(9-4)13-11-7-2/h16,18-19H,6-15H2,1-5H3,(H,26,27)(H,28,29)/p-2. The maximum atomic E-state index is 12.2. The predicted octanol–water partition coefficient (Wildman–Crippen LogP) is 4.24. The zero-order valence-corrected chi connectivity index (χ0v) is 18.9. The molecule has 4 nitrogen and oxygen atoms in total. The molecule has 0 bridgehead atoms. The topological polar surface area (TPSA) is 80.3 Å². The minimum absolute atomic E-state index is 0.121. The molecule has 0 aliphatic carbocycles. The Hall–Kier alpha value is -1.84. The molecule has 29 heavy (non-hydrogen) atoms. The van der Waals surface area contributed by atoms with Crippen molar-refractivity contribution >= 4 is 11.9 Å². The van der Waals surface area contributed by atoms with E-state index in [4.69, 9.17) is 0 Å². The number of carboxylic acids is 2. The van der Waals surface area contributed by atoms with Gasteiger partial charge in [0.15, 0.2) is 0 Å². The van der Waals surface area contributed by atoms with Gasteiger partial charge in [0.25, 0.3) is 0 Å². The predicted molar refractivity (Wildman–Crippen MR) is 114 cm³/mol. The monoisotopic (exact) mass is 402 g/mol. The van der Waals surface area contributed by atoms with E-state index < -0.39 is 11.9 Å². The van der Waals surface area contributed by atoms with E-state index in [1.165, 1.54) is 6.07 Å². The Balaban J connectivity index is 3.48. The zero-order chi connectivity index (χ0) is 22.0. The molecule has 0 aromatic heterocycles. The summed E-state index contributed by atoms with van der Waals surface area (Å²) in [6.07, 6.45) is 9.38. The first-order chi connectivity index (χ1) is 13.8. The second-order valence-electron chi connectivity index (χ2n) is 8.38. The number of carbonyl (C=O) groups excluding carboxylic acids is 2. The van der Waals surface area contributed by atoms with Crippen molar-refractivity contribution in [3.05, 3.63) is 33.9 Å². The van der Waals surface area contributed by atoms with Crippen molar-refractivity contribution in [2.45, 2.75) is 98.8 Å². The van der Waals surface area contributed by atoms with Gasteiger partial charge in [-0.3, -0.25) is 0 Å². The third-order valence-electron chi connectivity index (χ3n) is 6.31. The Kier molecular flexibility index (Phi) is 11.0. The number of unbranched alkanes of at least 4 members (excludes halogenated alkanes) is 2. The lowest BCUT2D eigenvalue weighted by Crippen LogP contribution is -2.30. The van der Waals surface area contributed by atoms with Crippen LogP contribution in [0, 0.1) is 18.8 Å². The highest BCUT2D eigenvalue weighted by atomic mass is 16.4.